The van der Waals surface area contributed by atoms with Gasteiger partial charge in [0.15, 0.2) is 0 Å². The Labute approximate surface area is 123 Å². The Balaban J connectivity index is 1.61. The Bertz CT molecular complexity index is 462. The molecule has 0 aromatic heterocycles. The largest absolute Gasteiger partial charge is 0.299 e. The molecule has 4 rings (SSSR count). The van der Waals surface area contributed by atoms with Gasteiger partial charge in [-0.25, -0.2) is 0 Å². The fraction of sp³-hybridized carbons (Fsp3) is 0.842. The Morgan fingerprint density at radius 1 is 1.10 bits per heavy atom. The van der Waals surface area contributed by atoms with E-state index < -0.39 is 0 Å². The molecule has 20 heavy (non-hydrogen) atoms. The summed E-state index contributed by atoms with van der Waals surface area (Å²) in [5, 5.41) is 0. The van der Waals surface area contributed by atoms with Gasteiger partial charge in [0.05, 0.1) is 0 Å². The third-order valence-electron chi connectivity index (χ3n) is 7.55. The molecule has 0 aliphatic heterocycles. The molecular weight excluding hydrogens is 244 g/mol. The zero-order chi connectivity index (χ0) is 13.9. The van der Waals surface area contributed by atoms with Crippen molar-refractivity contribution in [2.45, 2.75) is 65.2 Å². The summed E-state index contributed by atoms with van der Waals surface area (Å²) in [6.07, 6.45) is 12.6. The van der Waals surface area contributed by atoms with Gasteiger partial charge in [-0.1, -0.05) is 18.6 Å². The summed E-state index contributed by atoms with van der Waals surface area (Å²) in [4.78, 5) is 12.3. The van der Waals surface area contributed by atoms with Gasteiger partial charge in [-0.2, -0.15) is 0 Å². The number of carbonyl (C=O) groups excluding carboxylic acids is 1. The molecule has 0 spiro atoms. The summed E-state index contributed by atoms with van der Waals surface area (Å²) in [5.41, 5.74) is 1.69. The van der Waals surface area contributed by atoms with E-state index in [9.17, 15) is 4.79 Å². The van der Waals surface area contributed by atoms with Gasteiger partial charge in [0, 0.05) is 11.8 Å². The van der Waals surface area contributed by atoms with Crippen molar-refractivity contribution in [3.63, 3.8) is 0 Å². The second kappa shape index (κ2) is 4.45. The van der Waals surface area contributed by atoms with Crippen LogP contribution in [0.15, 0.2) is 11.6 Å². The maximum atomic E-state index is 12.3. The van der Waals surface area contributed by atoms with E-state index in [0.29, 0.717) is 5.78 Å². The zero-order valence-electron chi connectivity index (χ0n) is 13.0. The van der Waals surface area contributed by atoms with Gasteiger partial charge in [-0.05, 0) is 81.5 Å². The molecule has 0 aromatic carbocycles. The summed E-state index contributed by atoms with van der Waals surface area (Å²) < 4.78 is 0. The first-order chi connectivity index (χ1) is 9.59. The molecular formula is C19H28O. The third kappa shape index (κ3) is 1.71. The van der Waals surface area contributed by atoms with Crippen molar-refractivity contribution in [1.82, 2.24) is 0 Å². The SMILES string of the molecule is CC1=CCC2[C@@H](CC[C@@H]3[C@@H]2CC[C@]2(C)C(=O)CC[C@@H]32)C1. The van der Waals surface area contributed by atoms with Crippen LogP contribution in [0.2, 0.25) is 0 Å². The molecule has 3 saturated carbocycles. The number of Topliss-reactive ketones (excluding diaryl/α,β-unsaturated/α-hetero) is 1. The molecule has 4 aliphatic carbocycles. The fourth-order valence-electron chi connectivity index (χ4n) is 6.46. The second-order valence-electron chi connectivity index (χ2n) is 8.34. The Kier molecular flexibility index (Phi) is 2.91. The first-order valence-corrected chi connectivity index (χ1v) is 8.78. The fourth-order valence-corrected chi connectivity index (χ4v) is 6.46. The zero-order valence-corrected chi connectivity index (χ0v) is 13.0. The quantitative estimate of drug-likeness (QED) is 0.581. The van der Waals surface area contributed by atoms with Crippen LogP contribution in [0.5, 0.6) is 0 Å². The van der Waals surface area contributed by atoms with E-state index in [1.807, 2.05) is 0 Å². The number of ketones is 1. The van der Waals surface area contributed by atoms with Crippen LogP contribution in [-0.2, 0) is 4.79 Å². The van der Waals surface area contributed by atoms with E-state index in [0.717, 1.165) is 36.0 Å². The van der Waals surface area contributed by atoms with Gasteiger partial charge in [0.1, 0.15) is 5.78 Å². The maximum Gasteiger partial charge on any atom is 0.139 e. The summed E-state index contributed by atoms with van der Waals surface area (Å²) in [6.45, 7) is 4.61. The lowest BCUT2D eigenvalue weighted by Gasteiger charge is -2.53. The molecule has 1 unspecified atom stereocenters. The number of rotatable bonds is 0. The van der Waals surface area contributed by atoms with Crippen LogP contribution in [0.25, 0.3) is 0 Å². The second-order valence-corrected chi connectivity index (χ2v) is 8.34. The molecule has 1 heteroatoms. The Morgan fingerprint density at radius 2 is 1.95 bits per heavy atom. The number of carbonyl (C=O) groups is 1. The molecule has 0 heterocycles. The van der Waals surface area contributed by atoms with Gasteiger partial charge < -0.3 is 0 Å². The highest BCUT2D eigenvalue weighted by molar-refractivity contribution is 5.87. The molecule has 1 nitrogen and oxygen atoms in total. The van der Waals surface area contributed by atoms with Crippen LogP contribution in [0.4, 0.5) is 0 Å². The highest BCUT2D eigenvalue weighted by atomic mass is 16.1. The molecule has 0 saturated heterocycles. The monoisotopic (exact) mass is 272 g/mol. The van der Waals surface area contributed by atoms with Gasteiger partial charge in [-0.15, -0.1) is 0 Å². The van der Waals surface area contributed by atoms with E-state index in [4.69, 9.17) is 0 Å². The van der Waals surface area contributed by atoms with Crippen molar-refractivity contribution in [1.29, 1.82) is 0 Å². The number of hydrogen-bond donors (Lipinski definition) is 0. The lowest BCUT2D eigenvalue weighted by molar-refractivity contribution is -0.132. The molecule has 0 aromatic rings. The van der Waals surface area contributed by atoms with E-state index in [1.54, 1.807) is 5.57 Å². The van der Waals surface area contributed by atoms with Crippen LogP contribution >= 0.6 is 0 Å². The molecule has 0 bridgehead atoms. The highest BCUT2D eigenvalue weighted by Gasteiger charge is 2.56. The van der Waals surface area contributed by atoms with Crippen LogP contribution in [0, 0.1) is 35.0 Å². The van der Waals surface area contributed by atoms with Crippen molar-refractivity contribution in [3.05, 3.63) is 11.6 Å². The predicted octanol–water partition coefficient (Wildman–Crippen LogP) is 4.76. The standard InChI is InChI=1S/C19H28O/c1-12-3-5-14-13(11-12)4-6-16-15(14)9-10-19(2)17(16)7-8-18(19)20/h3,13-17H,4-11H2,1-2H3/t13-,14?,15+,16+,17-,19-/m0/s1. The summed E-state index contributed by atoms with van der Waals surface area (Å²) >= 11 is 0. The Hall–Kier alpha value is -0.590. The van der Waals surface area contributed by atoms with Crippen LogP contribution < -0.4 is 0 Å². The van der Waals surface area contributed by atoms with Crippen molar-refractivity contribution in [2.75, 3.05) is 0 Å². The van der Waals surface area contributed by atoms with Crippen LogP contribution in [0.3, 0.4) is 0 Å². The summed E-state index contributed by atoms with van der Waals surface area (Å²) in [7, 11) is 0. The molecule has 6 atom stereocenters. The predicted molar refractivity (Wildman–Crippen MR) is 81.3 cm³/mol. The van der Waals surface area contributed by atoms with Crippen LogP contribution in [0.1, 0.15) is 65.2 Å². The van der Waals surface area contributed by atoms with Crippen molar-refractivity contribution < 1.29 is 4.79 Å². The minimum atomic E-state index is 0.0639. The number of hydrogen-bond acceptors (Lipinski definition) is 1. The van der Waals surface area contributed by atoms with E-state index in [-0.39, 0.29) is 5.41 Å². The van der Waals surface area contributed by atoms with Gasteiger partial charge >= 0.3 is 0 Å². The lowest BCUT2D eigenvalue weighted by atomic mass is 9.51. The van der Waals surface area contributed by atoms with E-state index in [2.05, 4.69) is 19.9 Å². The molecule has 0 radical (unpaired) electrons. The first-order valence-electron chi connectivity index (χ1n) is 8.78. The van der Waals surface area contributed by atoms with Crippen molar-refractivity contribution >= 4 is 5.78 Å². The molecule has 3 fully saturated rings. The molecule has 0 amide bonds. The smallest absolute Gasteiger partial charge is 0.139 e. The van der Waals surface area contributed by atoms with Gasteiger partial charge in [0.2, 0.25) is 0 Å². The highest BCUT2D eigenvalue weighted by Crippen LogP contribution is 2.61. The molecule has 0 N–H and O–H groups in total. The molecule has 110 valence electrons. The van der Waals surface area contributed by atoms with E-state index >= 15 is 0 Å². The normalized spacial score (nSPS) is 51.0. The number of allylic oxidation sites excluding steroid dienone is 2. The van der Waals surface area contributed by atoms with Crippen molar-refractivity contribution in [3.8, 4) is 0 Å². The van der Waals surface area contributed by atoms with Crippen LogP contribution in [-0.4, -0.2) is 5.78 Å². The first kappa shape index (κ1) is 13.1. The summed E-state index contributed by atoms with van der Waals surface area (Å²) in [6, 6.07) is 0. The van der Waals surface area contributed by atoms with Crippen molar-refractivity contribution in [2.24, 2.45) is 35.0 Å². The average Bonchev–Trinajstić information content (AvgIpc) is 2.74. The van der Waals surface area contributed by atoms with Gasteiger partial charge in [0.25, 0.3) is 0 Å². The minimum absolute atomic E-state index is 0.0639. The maximum absolute atomic E-state index is 12.3. The average molecular weight is 272 g/mol. The minimum Gasteiger partial charge on any atom is -0.299 e. The molecule has 4 aliphatic rings. The third-order valence-corrected chi connectivity index (χ3v) is 7.55. The van der Waals surface area contributed by atoms with Gasteiger partial charge in [-0.3, -0.25) is 4.79 Å². The number of fused-ring (bicyclic) bond motifs is 5. The topological polar surface area (TPSA) is 17.1 Å². The Morgan fingerprint density at radius 3 is 2.80 bits per heavy atom. The lowest BCUT2D eigenvalue weighted by Crippen LogP contribution is -2.47. The van der Waals surface area contributed by atoms with E-state index in [1.165, 1.54) is 44.9 Å². The summed E-state index contributed by atoms with van der Waals surface area (Å²) in [5.74, 6) is 5.01.